The molecule has 3 rings (SSSR count). The van der Waals surface area contributed by atoms with Crippen LogP contribution in [0.15, 0.2) is 54.7 Å². The Balaban J connectivity index is 1.56. The summed E-state index contributed by atoms with van der Waals surface area (Å²) in [5, 5.41) is 3.12. The molecular weight excluding hydrogens is 425 g/mol. The summed E-state index contributed by atoms with van der Waals surface area (Å²) in [7, 11) is 0. The first-order chi connectivity index (χ1) is 14.8. The normalized spacial score (nSPS) is 11.4. The Morgan fingerprint density at radius 2 is 1.90 bits per heavy atom. The number of benzene rings is 2. The topological polar surface area (TPSA) is 51.2 Å². The van der Waals surface area contributed by atoms with Crippen molar-refractivity contribution in [1.82, 2.24) is 4.98 Å². The molecule has 1 amide bonds. The summed E-state index contributed by atoms with van der Waals surface area (Å²) in [6, 6.07) is 12.1. The van der Waals surface area contributed by atoms with E-state index in [2.05, 4.69) is 17.2 Å². The fraction of sp³-hybridized carbons (Fsp3) is 0.304. The minimum atomic E-state index is -4.38. The number of carbonyl (C=O) groups excluding carboxylic acids is 1. The fourth-order valence-electron chi connectivity index (χ4n) is 2.92. The molecule has 31 heavy (non-hydrogen) atoms. The van der Waals surface area contributed by atoms with E-state index in [1.807, 2.05) is 0 Å². The van der Waals surface area contributed by atoms with Gasteiger partial charge in [0.2, 0.25) is 0 Å². The van der Waals surface area contributed by atoms with Gasteiger partial charge in [0.15, 0.2) is 5.13 Å². The first kappa shape index (κ1) is 22.8. The van der Waals surface area contributed by atoms with Crippen molar-refractivity contribution in [3.63, 3.8) is 0 Å². The van der Waals surface area contributed by atoms with Crippen LogP contribution >= 0.6 is 11.3 Å². The van der Waals surface area contributed by atoms with Gasteiger partial charge in [-0.25, -0.2) is 4.98 Å². The van der Waals surface area contributed by atoms with Gasteiger partial charge in [0.25, 0.3) is 5.91 Å². The number of hydrogen-bond donors (Lipinski definition) is 1. The standard InChI is InChI=1S/C23H23F3N2O2S/c1-2-3-4-12-30-19-10-8-17(9-11-19)21(29)28-22-27-15-20(31-22)14-16-6-5-7-18(13-16)23(24,25)26/h5-11,13,15H,2-4,12,14H2,1H3,(H,27,28,29). The van der Waals surface area contributed by atoms with Gasteiger partial charge in [0.05, 0.1) is 12.2 Å². The van der Waals surface area contributed by atoms with Crippen molar-refractivity contribution in [3.8, 4) is 5.75 Å². The third-order valence-electron chi connectivity index (χ3n) is 4.54. The lowest BCUT2D eigenvalue weighted by Crippen LogP contribution is -2.11. The fourth-order valence-corrected chi connectivity index (χ4v) is 3.76. The lowest BCUT2D eigenvalue weighted by Gasteiger charge is -2.08. The molecule has 0 saturated carbocycles. The lowest BCUT2D eigenvalue weighted by atomic mass is 10.1. The number of unbranched alkanes of at least 4 members (excludes halogenated alkanes) is 2. The van der Waals surface area contributed by atoms with Crippen LogP contribution in [0.4, 0.5) is 18.3 Å². The zero-order valence-corrected chi connectivity index (χ0v) is 17.9. The van der Waals surface area contributed by atoms with Crippen LogP contribution < -0.4 is 10.1 Å². The maximum atomic E-state index is 12.9. The van der Waals surface area contributed by atoms with E-state index in [9.17, 15) is 18.0 Å². The van der Waals surface area contributed by atoms with Crippen LogP contribution in [-0.2, 0) is 12.6 Å². The maximum absolute atomic E-state index is 12.9. The van der Waals surface area contributed by atoms with Crippen LogP contribution in [0.5, 0.6) is 5.75 Å². The molecule has 164 valence electrons. The zero-order chi connectivity index (χ0) is 22.3. The number of carbonyl (C=O) groups is 1. The van der Waals surface area contributed by atoms with Crippen molar-refractivity contribution >= 4 is 22.4 Å². The van der Waals surface area contributed by atoms with Crippen LogP contribution in [0.25, 0.3) is 0 Å². The molecule has 0 aliphatic heterocycles. The number of hydrogen-bond acceptors (Lipinski definition) is 4. The van der Waals surface area contributed by atoms with E-state index < -0.39 is 11.7 Å². The minimum Gasteiger partial charge on any atom is -0.494 e. The summed E-state index contributed by atoms with van der Waals surface area (Å²) >= 11 is 1.23. The Labute approximate surface area is 183 Å². The lowest BCUT2D eigenvalue weighted by molar-refractivity contribution is -0.137. The third-order valence-corrected chi connectivity index (χ3v) is 5.45. The van der Waals surface area contributed by atoms with Gasteiger partial charge < -0.3 is 4.74 Å². The average molecular weight is 449 g/mol. The van der Waals surface area contributed by atoms with Crippen LogP contribution in [0.2, 0.25) is 0 Å². The molecule has 1 heterocycles. The van der Waals surface area contributed by atoms with Crippen molar-refractivity contribution in [2.75, 3.05) is 11.9 Å². The van der Waals surface area contributed by atoms with E-state index >= 15 is 0 Å². The van der Waals surface area contributed by atoms with E-state index in [0.29, 0.717) is 35.0 Å². The molecule has 1 aromatic heterocycles. The summed E-state index contributed by atoms with van der Waals surface area (Å²) in [4.78, 5) is 17.4. The SMILES string of the molecule is CCCCCOc1ccc(C(=O)Nc2ncc(Cc3cccc(C(F)(F)F)c3)s2)cc1. The molecule has 0 unspecified atom stereocenters. The van der Waals surface area contributed by atoms with Crippen molar-refractivity contribution in [2.45, 2.75) is 38.8 Å². The number of thiazole rings is 1. The van der Waals surface area contributed by atoms with Crippen LogP contribution in [0.1, 0.15) is 52.5 Å². The summed E-state index contributed by atoms with van der Waals surface area (Å²) in [5.41, 5.74) is 0.322. The van der Waals surface area contributed by atoms with Crippen LogP contribution in [0.3, 0.4) is 0 Å². The van der Waals surface area contributed by atoms with E-state index in [1.54, 1.807) is 36.5 Å². The highest BCUT2D eigenvalue weighted by Crippen LogP contribution is 2.30. The monoisotopic (exact) mass is 448 g/mol. The highest BCUT2D eigenvalue weighted by molar-refractivity contribution is 7.15. The molecule has 0 radical (unpaired) electrons. The number of amides is 1. The Morgan fingerprint density at radius 3 is 2.61 bits per heavy atom. The molecule has 0 aliphatic carbocycles. The third kappa shape index (κ3) is 6.82. The van der Waals surface area contributed by atoms with Crippen molar-refractivity contribution in [3.05, 3.63) is 76.3 Å². The second-order valence-electron chi connectivity index (χ2n) is 7.04. The van der Waals surface area contributed by atoms with E-state index in [-0.39, 0.29) is 5.91 Å². The molecular formula is C23H23F3N2O2S. The van der Waals surface area contributed by atoms with Crippen LogP contribution in [-0.4, -0.2) is 17.5 Å². The number of halogens is 3. The van der Waals surface area contributed by atoms with Gasteiger partial charge in [0, 0.05) is 23.1 Å². The second-order valence-corrected chi connectivity index (χ2v) is 8.16. The molecule has 0 fully saturated rings. The van der Waals surface area contributed by atoms with Gasteiger partial charge in [-0.1, -0.05) is 38.0 Å². The van der Waals surface area contributed by atoms with Gasteiger partial charge in [-0.3, -0.25) is 10.1 Å². The van der Waals surface area contributed by atoms with Gasteiger partial charge in [-0.2, -0.15) is 13.2 Å². The highest BCUT2D eigenvalue weighted by Gasteiger charge is 2.30. The van der Waals surface area contributed by atoms with Gasteiger partial charge in [-0.15, -0.1) is 11.3 Å². The molecule has 2 aromatic carbocycles. The molecule has 4 nitrogen and oxygen atoms in total. The van der Waals surface area contributed by atoms with Crippen molar-refractivity contribution in [1.29, 1.82) is 0 Å². The quantitative estimate of drug-likeness (QED) is 0.377. The summed E-state index contributed by atoms with van der Waals surface area (Å²) in [6.45, 7) is 2.78. The smallest absolute Gasteiger partial charge is 0.416 e. The molecule has 0 atom stereocenters. The number of anilines is 1. The number of aromatic nitrogens is 1. The molecule has 3 aromatic rings. The number of alkyl halides is 3. The van der Waals surface area contributed by atoms with E-state index in [4.69, 9.17) is 4.74 Å². The van der Waals surface area contributed by atoms with E-state index in [1.165, 1.54) is 17.4 Å². The number of nitrogens with one attached hydrogen (secondary N) is 1. The molecule has 0 aliphatic rings. The summed E-state index contributed by atoms with van der Waals surface area (Å²) < 4.78 is 44.2. The Bertz CT molecular complexity index is 1000. The number of rotatable bonds is 9. The average Bonchev–Trinajstić information content (AvgIpc) is 3.18. The van der Waals surface area contributed by atoms with Gasteiger partial charge in [-0.05, 0) is 42.3 Å². The largest absolute Gasteiger partial charge is 0.494 e. The van der Waals surface area contributed by atoms with Crippen LogP contribution in [0, 0.1) is 0 Å². The number of ether oxygens (including phenoxy) is 1. The molecule has 0 bridgehead atoms. The minimum absolute atomic E-state index is 0.307. The molecule has 1 N–H and O–H groups in total. The first-order valence-corrected chi connectivity index (χ1v) is 10.8. The Hall–Kier alpha value is -2.87. The second kappa shape index (κ2) is 10.4. The summed E-state index contributed by atoms with van der Waals surface area (Å²) in [5.74, 6) is 0.405. The molecule has 8 heteroatoms. The Morgan fingerprint density at radius 1 is 1.13 bits per heavy atom. The van der Waals surface area contributed by atoms with Gasteiger partial charge in [0.1, 0.15) is 5.75 Å². The van der Waals surface area contributed by atoms with E-state index in [0.717, 1.165) is 36.3 Å². The van der Waals surface area contributed by atoms with Gasteiger partial charge >= 0.3 is 6.18 Å². The maximum Gasteiger partial charge on any atom is 0.416 e. The molecule has 0 saturated heterocycles. The first-order valence-electron chi connectivity index (χ1n) is 10.00. The number of nitrogens with zero attached hydrogens (tertiary/aromatic N) is 1. The zero-order valence-electron chi connectivity index (χ0n) is 17.0. The summed E-state index contributed by atoms with van der Waals surface area (Å²) in [6.07, 6.45) is 0.727. The predicted octanol–water partition coefficient (Wildman–Crippen LogP) is 6.57. The predicted molar refractivity (Wildman–Crippen MR) is 116 cm³/mol. The highest BCUT2D eigenvalue weighted by atomic mass is 32.1. The Kier molecular flexibility index (Phi) is 7.68. The molecule has 0 spiro atoms. The van der Waals surface area contributed by atoms with Crippen molar-refractivity contribution < 1.29 is 22.7 Å². The van der Waals surface area contributed by atoms with Crippen molar-refractivity contribution in [2.24, 2.45) is 0 Å².